The van der Waals surface area contributed by atoms with Gasteiger partial charge in [0.15, 0.2) is 23.3 Å². The summed E-state index contributed by atoms with van der Waals surface area (Å²) in [4.78, 5) is 24.2. The van der Waals surface area contributed by atoms with Crippen molar-refractivity contribution in [3.63, 3.8) is 0 Å². The number of ether oxygens (including phenoxy) is 1. The molecule has 0 unspecified atom stereocenters. The Balaban J connectivity index is 1.45. The molecule has 8 nitrogen and oxygen atoms in total. The highest BCUT2D eigenvalue weighted by Gasteiger charge is 2.28. The third-order valence-corrected chi connectivity index (χ3v) is 6.45. The van der Waals surface area contributed by atoms with E-state index in [1.807, 2.05) is 17.6 Å². The molecule has 2 heterocycles. The molecule has 2 aromatic rings. The first-order valence-electron chi connectivity index (χ1n) is 10.0. The zero-order chi connectivity index (χ0) is 20.8. The highest BCUT2D eigenvalue weighted by molar-refractivity contribution is 7.99. The van der Waals surface area contributed by atoms with Crippen molar-refractivity contribution in [3.8, 4) is 11.6 Å². The lowest BCUT2D eigenvalue weighted by Crippen LogP contribution is -2.45. The maximum absolute atomic E-state index is 12.1. The molecule has 0 aliphatic heterocycles. The van der Waals surface area contributed by atoms with Gasteiger partial charge in [-0.15, -0.1) is 10.2 Å². The lowest BCUT2D eigenvalue weighted by molar-refractivity contribution is -0.146. The molecule has 0 saturated heterocycles. The second kappa shape index (κ2) is 9.96. The molecule has 2 aromatic heterocycles. The number of nitrogens with zero attached hydrogens (tertiary/aromatic N) is 3. The number of amides is 1. The van der Waals surface area contributed by atoms with Crippen LogP contribution in [0.2, 0.25) is 0 Å². The summed E-state index contributed by atoms with van der Waals surface area (Å²) in [6.07, 6.45) is 4.87. The van der Waals surface area contributed by atoms with E-state index >= 15 is 0 Å². The Bertz CT molecular complexity index is 821. The third kappa shape index (κ3) is 5.41. The lowest BCUT2D eigenvalue weighted by atomic mass is 9.78. The molecule has 1 N–H and O–H groups in total. The monoisotopic (exact) mass is 420 g/mol. The summed E-state index contributed by atoms with van der Waals surface area (Å²) in [5, 5.41) is 11.9. The predicted molar refractivity (Wildman–Crippen MR) is 109 cm³/mol. The van der Waals surface area contributed by atoms with Gasteiger partial charge in [-0.05, 0) is 37.3 Å². The van der Waals surface area contributed by atoms with E-state index in [0.717, 1.165) is 12.8 Å². The average Bonchev–Trinajstić information content (AvgIpc) is 3.37. The van der Waals surface area contributed by atoms with Crippen molar-refractivity contribution in [2.75, 3.05) is 12.4 Å². The van der Waals surface area contributed by atoms with Crippen molar-refractivity contribution in [2.45, 2.75) is 57.8 Å². The fourth-order valence-corrected chi connectivity index (χ4v) is 4.41. The van der Waals surface area contributed by atoms with Gasteiger partial charge < -0.3 is 14.5 Å². The standard InChI is InChI=1S/C20H28N4O4S/c1-4-24-19(16-9-6-10-27-16)22-23-20(24)29-12-18(26)28-11-17(25)21-15-8-5-7-13(2)14(15)3/h6,9-10,13-15H,4-5,7-8,11-12H2,1-3H3,(H,21,25)/t13-,14+,15-/m1/s1. The number of nitrogens with one attached hydrogen (secondary N) is 1. The van der Waals surface area contributed by atoms with Crippen molar-refractivity contribution >= 4 is 23.6 Å². The highest BCUT2D eigenvalue weighted by atomic mass is 32.2. The van der Waals surface area contributed by atoms with Crippen LogP contribution in [0.5, 0.6) is 0 Å². The third-order valence-electron chi connectivity index (χ3n) is 5.51. The van der Waals surface area contributed by atoms with Gasteiger partial charge in [0.1, 0.15) is 0 Å². The maximum Gasteiger partial charge on any atom is 0.316 e. The fraction of sp³-hybridized carbons (Fsp3) is 0.600. The zero-order valence-electron chi connectivity index (χ0n) is 17.1. The van der Waals surface area contributed by atoms with Gasteiger partial charge in [0.2, 0.25) is 0 Å². The number of carbonyl (C=O) groups is 2. The Morgan fingerprint density at radius 2 is 2.17 bits per heavy atom. The highest BCUT2D eigenvalue weighted by Crippen LogP contribution is 2.29. The smallest absolute Gasteiger partial charge is 0.316 e. The number of aromatic nitrogens is 3. The first-order chi connectivity index (χ1) is 14.0. The van der Waals surface area contributed by atoms with Gasteiger partial charge in [0.25, 0.3) is 5.91 Å². The Kier molecular flexibility index (Phi) is 7.35. The van der Waals surface area contributed by atoms with Crippen LogP contribution in [0.3, 0.4) is 0 Å². The van der Waals surface area contributed by atoms with Gasteiger partial charge in [-0.1, -0.05) is 38.5 Å². The van der Waals surface area contributed by atoms with Gasteiger partial charge in [-0.2, -0.15) is 0 Å². The predicted octanol–water partition coefficient (Wildman–Crippen LogP) is 3.13. The van der Waals surface area contributed by atoms with Crippen LogP contribution >= 0.6 is 11.8 Å². The molecular formula is C20H28N4O4S. The van der Waals surface area contributed by atoms with E-state index in [4.69, 9.17) is 9.15 Å². The maximum atomic E-state index is 12.1. The molecule has 9 heteroatoms. The van der Waals surface area contributed by atoms with E-state index in [1.165, 1.54) is 18.2 Å². The molecule has 1 saturated carbocycles. The number of esters is 1. The van der Waals surface area contributed by atoms with Crippen molar-refractivity contribution in [1.82, 2.24) is 20.1 Å². The summed E-state index contributed by atoms with van der Waals surface area (Å²) < 4.78 is 12.4. The van der Waals surface area contributed by atoms with Crippen molar-refractivity contribution in [3.05, 3.63) is 18.4 Å². The first-order valence-corrected chi connectivity index (χ1v) is 11.0. The molecule has 29 heavy (non-hydrogen) atoms. The molecule has 0 radical (unpaired) electrons. The Morgan fingerprint density at radius 3 is 2.90 bits per heavy atom. The van der Waals surface area contributed by atoms with Crippen molar-refractivity contribution in [2.24, 2.45) is 11.8 Å². The topological polar surface area (TPSA) is 99.2 Å². The van der Waals surface area contributed by atoms with Crippen LogP contribution in [0.15, 0.2) is 28.0 Å². The molecule has 1 fully saturated rings. The van der Waals surface area contributed by atoms with E-state index in [-0.39, 0.29) is 24.3 Å². The summed E-state index contributed by atoms with van der Waals surface area (Å²) in [5.74, 6) is 1.62. The second-order valence-corrected chi connectivity index (χ2v) is 8.36. The second-order valence-electron chi connectivity index (χ2n) is 7.42. The van der Waals surface area contributed by atoms with E-state index in [9.17, 15) is 9.59 Å². The average molecular weight is 421 g/mol. The van der Waals surface area contributed by atoms with E-state index in [2.05, 4.69) is 29.4 Å². The molecule has 0 spiro atoms. The largest absolute Gasteiger partial charge is 0.461 e. The molecule has 0 aromatic carbocycles. The Morgan fingerprint density at radius 1 is 1.34 bits per heavy atom. The minimum Gasteiger partial charge on any atom is -0.461 e. The van der Waals surface area contributed by atoms with Crippen LogP contribution in [-0.4, -0.2) is 45.0 Å². The quantitative estimate of drug-likeness (QED) is 0.517. The van der Waals surface area contributed by atoms with Crippen LogP contribution in [-0.2, 0) is 20.9 Å². The van der Waals surface area contributed by atoms with E-state index < -0.39 is 5.97 Å². The van der Waals surface area contributed by atoms with E-state index in [0.29, 0.717) is 35.1 Å². The molecule has 1 aliphatic rings. The molecular weight excluding hydrogens is 392 g/mol. The first kappa shape index (κ1) is 21.4. The number of carbonyl (C=O) groups excluding carboxylic acids is 2. The van der Waals surface area contributed by atoms with Crippen LogP contribution in [0, 0.1) is 11.8 Å². The molecule has 3 rings (SSSR count). The van der Waals surface area contributed by atoms with Gasteiger partial charge in [-0.3, -0.25) is 14.2 Å². The van der Waals surface area contributed by atoms with E-state index in [1.54, 1.807) is 12.3 Å². The summed E-state index contributed by atoms with van der Waals surface area (Å²) >= 11 is 1.23. The number of furan rings is 1. The molecule has 158 valence electrons. The van der Waals surface area contributed by atoms with Crippen LogP contribution < -0.4 is 5.32 Å². The van der Waals surface area contributed by atoms with Crippen molar-refractivity contribution in [1.29, 1.82) is 0 Å². The zero-order valence-corrected chi connectivity index (χ0v) is 17.9. The summed E-state index contributed by atoms with van der Waals surface area (Å²) in [6.45, 7) is 6.73. The summed E-state index contributed by atoms with van der Waals surface area (Å²) in [7, 11) is 0. The SMILES string of the molecule is CCn1c(SCC(=O)OCC(=O)N[C@@H]2CCC[C@@H](C)[C@@H]2C)nnc1-c1ccco1. The van der Waals surface area contributed by atoms with Gasteiger partial charge >= 0.3 is 5.97 Å². The fourth-order valence-electron chi connectivity index (χ4n) is 3.61. The molecule has 3 atom stereocenters. The number of thioether (sulfide) groups is 1. The molecule has 0 bridgehead atoms. The van der Waals surface area contributed by atoms with Gasteiger partial charge in [-0.25, -0.2) is 0 Å². The Labute approximate surface area is 174 Å². The van der Waals surface area contributed by atoms with Crippen molar-refractivity contribution < 1.29 is 18.7 Å². The minimum atomic E-state index is -0.458. The van der Waals surface area contributed by atoms with Crippen LogP contribution in [0.1, 0.15) is 40.0 Å². The lowest BCUT2D eigenvalue weighted by Gasteiger charge is -2.34. The number of hydrogen-bond donors (Lipinski definition) is 1. The van der Waals surface area contributed by atoms with Gasteiger partial charge in [0, 0.05) is 12.6 Å². The van der Waals surface area contributed by atoms with Gasteiger partial charge in [0.05, 0.1) is 12.0 Å². The normalized spacial score (nSPS) is 21.7. The Hall–Kier alpha value is -2.29. The minimum absolute atomic E-state index is 0.0560. The van der Waals surface area contributed by atoms with Crippen LogP contribution in [0.25, 0.3) is 11.6 Å². The van der Waals surface area contributed by atoms with Crippen LogP contribution in [0.4, 0.5) is 0 Å². The number of rotatable bonds is 8. The summed E-state index contributed by atoms with van der Waals surface area (Å²) in [5.41, 5.74) is 0. The molecule has 1 amide bonds. The number of hydrogen-bond acceptors (Lipinski definition) is 7. The summed E-state index contributed by atoms with van der Waals surface area (Å²) in [6, 6.07) is 3.75. The molecule has 1 aliphatic carbocycles.